The highest BCUT2D eigenvalue weighted by Gasteiger charge is 2.17. The van der Waals surface area contributed by atoms with Gasteiger partial charge in [-0.05, 0) is 42.3 Å². The lowest BCUT2D eigenvalue weighted by molar-refractivity contribution is 0.414. The molecule has 0 spiro atoms. The normalized spacial score (nSPS) is 12.4. The Hall–Kier alpha value is -1.03. The van der Waals surface area contributed by atoms with E-state index >= 15 is 0 Å². The number of thiophene rings is 1. The first-order chi connectivity index (χ1) is 8.65. The topological polar surface area (TPSA) is 35.2 Å². The van der Waals surface area contributed by atoms with E-state index < -0.39 is 0 Å². The number of hydrogen-bond acceptors (Lipinski definition) is 3. The number of ether oxygens (including phenoxy) is 1. The van der Waals surface area contributed by atoms with Crippen LogP contribution in [0.3, 0.4) is 0 Å². The molecule has 1 atom stereocenters. The van der Waals surface area contributed by atoms with E-state index in [-0.39, 0.29) is 5.92 Å². The average molecular weight is 282 g/mol. The van der Waals surface area contributed by atoms with Crippen molar-refractivity contribution in [3.05, 3.63) is 50.7 Å². The zero-order chi connectivity index (χ0) is 13.1. The quantitative estimate of drug-likeness (QED) is 0.925. The third-order valence-electron chi connectivity index (χ3n) is 3.03. The fourth-order valence-corrected chi connectivity index (χ4v) is 3.27. The summed E-state index contributed by atoms with van der Waals surface area (Å²) in [6.45, 7) is 2.65. The third kappa shape index (κ3) is 2.69. The lowest BCUT2D eigenvalue weighted by atomic mass is 9.93. The van der Waals surface area contributed by atoms with Crippen molar-refractivity contribution in [3.63, 3.8) is 0 Å². The molecular formula is C14H16ClNOS. The van der Waals surface area contributed by atoms with Crippen molar-refractivity contribution in [2.45, 2.75) is 12.8 Å². The van der Waals surface area contributed by atoms with Gasteiger partial charge in [0.2, 0.25) is 0 Å². The SMILES string of the molecule is COc1ccc(C(CN)c2ccc(Cl)s2)c(C)c1. The average Bonchev–Trinajstić information content (AvgIpc) is 2.78. The van der Waals surface area contributed by atoms with Gasteiger partial charge in [-0.2, -0.15) is 0 Å². The van der Waals surface area contributed by atoms with Gasteiger partial charge in [0.1, 0.15) is 5.75 Å². The summed E-state index contributed by atoms with van der Waals surface area (Å²) in [5, 5.41) is 0. The maximum Gasteiger partial charge on any atom is 0.119 e. The number of nitrogens with two attached hydrogens (primary N) is 1. The molecule has 2 N–H and O–H groups in total. The summed E-state index contributed by atoms with van der Waals surface area (Å²) in [6, 6.07) is 10.1. The molecule has 1 aromatic carbocycles. The van der Waals surface area contributed by atoms with Crippen LogP contribution in [0.15, 0.2) is 30.3 Å². The first-order valence-corrected chi connectivity index (χ1v) is 6.95. The van der Waals surface area contributed by atoms with Crippen LogP contribution >= 0.6 is 22.9 Å². The summed E-state index contributed by atoms with van der Waals surface area (Å²) in [4.78, 5) is 1.20. The highest BCUT2D eigenvalue weighted by Crippen LogP contribution is 2.34. The molecule has 18 heavy (non-hydrogen) atoms. The van der Waals surface area contributed by atoms with E-state index in [0.717, 1.165) is 10.1 Å². The largest absolute Gasteiger partial charge is 0.497 e. The van der Waals surface area contributed by atoms with Crippen molar-refractivity contribution in [2.24, 2.45) is 5.73 Å². The molecule has 0 aliphatic carbocycles. The molecule has 2 aromatic rings. The molecule has 1 aromatic heterocycles. The summed E-state index contributed by atoms with van der Waals surface area (Å²) in [5.74, 6) is 1.07. The first-order valence-electron chi connectivity index (χ1n) is 5.75. The molecule has 0 aliphatic heterocycles. The summed E-state index contributed by atoms with van der Waals surface area (Å²) in [7, 11) is 1.67. The van der Waals surface area contributed by atoms with Crippen LogP contribution in [-0.2, 0) is 0 Å². The molecule has 96 valence electrons. The summed E-state index contributed by atoms with van der Waals surface area (Å²) < 4.78 is 6.02. The molecule has 0 radical (unpaired) electrons. The molecule has 0 saturated carbocycles. The first kappa shape index (κ1) is 13.4. The number of aryl methyl sites for hydroxylation is 1. The predicted molar refractivity (Wildman–Crippen MR) is 78.0 cm³/mol. The standard InChI is InChI=1S/C14H16ClNOS/c1-9-7-10(17-2)3-4-11(9)12(8-16)13-5-6-14(15)18-13/h3-7,12H,8,16H2,1-2H3. The van der Waals surface area contributed by atoms with Crippen LogP contribution in [0.1, 0.15) is 21.9 Å². The molecular weight excluding hydrogens is 266 g/mol. The zero-order valence-corrected chi connectivity index (χ0v) is 12.0. The fourth-order valence-electron chi connectivity index (χ4n) is 2.08. The van der Waals surface area contributed by atoms with Gasteiger partial charge in [-0.3, -0.25) is 0 Å². The minimum atomic E-state index is 0.202. The Balaban J connectivity index is 2.39. The van der Waals surface area contributed by atoms with E-state index in [1.54, 1.807) is 18.4 Å². The van der Waals surface area contributed by atoms with Gasteiger partial charge in [-0.1, -0.05) is 17.7 Å². The third-order valence-corrected chi connectivity index (χ3v) is 4.37. The van der Waals surface area contributed by atoms with Crippen LogP contribution < -0.4 is 10.5 Å². The number of hydrogen-bond donors (Lipinski definition) is 1. The summed E-state index contributed by atoms with van der Waals surface area (Å²) in [6.07, 6.45) is 0. The smallest absolute Gasteiger partial charge is 0.119 e. The van der Waals surface area contributed by atoms with Crippen LogP contribution in [0.2, 0.25) is 4.34 Å². The van der Waals surface area contributed by atoms with Crippen molar-refractivity contribution in [1.29, 1.82) is 0 Å². The molecule has 0 amide bonds. The molecule has 0 aliphatic rings. The van der Waals surface area contributed by atoms with Crippen molar-refractivity contribution >= 4 is 22.9 Å². The van der Waals surface area contributed by atoms with Gasteiger partial charge in [-0.15, -0.1) is 11.3 Å². The fraction of sp³-hybridized carbons (Fsp3) is 0.286. The van der Waals surface area contributed by atoms with Gasteiger partial charge in [0.05, 0.1) is 11.4 Å². The molecule has 1 heterocycles. The van der Waals surface area contributed by atoms with Gasteiger partial charge < -0.3 is 10.5 Å². The molecule has 1 unspecified atom stereocenters. The second kappa shape index (κ2) is 5.74. The van der Waals surface area contributed by atoms with E-state index in [2.05, 4.69) is 13.0 Å². The zero-order valence-electron chi connectivity index (χ0n) is 10.4. The Morgan fingerprint density at radius 3 is 2.61 bits per heavy atom. The van der Waals surface area contributed by atoms with E-state index in [4.69, 9.17) is 22.1 Å². The van der Waals surface area contributed by atoms with Crippen LogP contribution in [-0.4, -0.2) is 13.7 Å². The Morgan fingerprint density at radius 2 is 2.11 bits per heavy atom. The van der Waals surface area contributed by atoms with E-state index in [1.165, 1.54) is 16.0 Å². The summed E-state index contributed by atoms with van der Waals surface area (Å²) in [5.41, 5.74) is 8.34. The van der Waals surface area contributed by atoms with Crippen molar-refractivity contribution in [1.82, 2.24) is 0 Å². The number of benzene rings is 1. The van der Waals surface area contributed by atoms with Crippen molar-refractivity contribution in [3.8, 4) is 5.75 Å². The number of methoxy groups -OCH3 is 1. The Bertz CT molecular complexity index is 538. The Morgan fingerprint density at radius 1 is 1.33 bits per heavy atom. The molecule has 4 heteroatoms. The lowest BCUT2D eigenvalue weighted by Crippen LogP contribution is -2.13. The van der Waals surface area contributed by atoms with E-state index in [1.807, 2.05) is 24.3 Å². The van der Waals surface area contributed by atoms with Gasteiger partial charge in [0.15, 0.2) is 0 Å². The minimum absolute atomic E-state index is 0.202. The Labute approximate surface area is 116 Å². The van der Waals surface area contributed by atoms with Crippen LogP contribution in [0, 0.1) is 6.92 Å². The summed E-state index contributed by atoms with van der Waals surface area (Å²) >= 11 is 7.58. The van der Waals surface area contributed by atoms with Crippen molar-refractivity contribution < 1.29 is 4.74 Å². The maximum absolute atomic E-state index is 5.99. The van der Waals surface area contributed by atoms with E-state index in [0.29, 0.717) is 6.54 Å². The molecule has 0 bridgehead atoms. The van der Waals surface area contributed by atoms with Gasteiger partial charge >= 0.3 is 0 Å². The van der Waals surface area contributed by atoms with E-state index in [9.17, 15) is 0 Å². The number of rotatable bonds is 4. The number of halogens is 1. The van der Waals surface area contributed by atoms with Gasteiger partial charge in [0, 0.05) is 17.3 Å². The molecule has 0 fully saturated rings. The highest BCUT2D eigenvalue weighted by molar-refractivity contribution is 7.16. The molecule has 2 rings (SSSR count). The van der Waals surface area contributed by atoms with Crippen LogP contribution in [0.5, 0.6) is 5.75 Å². The molecule has 2 nitrogen and oxygen atoms in total. The van der Waals surface area contributed by atoms with Crippen LogP contribution in [0.25, 0.3) is 0 Å². The monoisotopic (exact) mass is 281 g/mol. The minimum Gasteiger partial charge on any atom is -0.497 e. The molecule has 0 saturated heterocycles. The maximum atomic E-state index is 5.99. The van der Waals surface area contributed by atoms with Gasteiger partial charge in [0.25, 0.3) is 0 Å². The van der Waals surface area contributed by atoms with Crippen molar-refractivity contribution in [2.75, 3.05) is 13.7 Å². The second-order valence-corrected chi connectivity index (χ2v) is 5.90. The van der Waals surface area contributed by atoms with Crippen LogP contribution in [0.4, 0.5) is 0 Å². The predicted octanol–water partition coefficient (Wildman–Crippen LogP) is 3.81. The highest BCUT2D eigenvalue weighted by atomic mass is 35.5. The lowest BCUT2D eigenvalue weighted by Gasteiger charge is -2.17. The van der Waals surface area contributed by atoms with Gasteiger partial charge in [-0.25, -0.2) is 0 Å². The second-order valence-electron chi connectivity index (χ2n) is 4.15. The Kier molecular flexibility index (Phi) is 4.27.